The minimum absolute atomic E-state index is 0.293. The van der Waals surface area contributed by atoms with Crippen LogP contribution >= 0.6 is 27.3 Å². The lowest BCUT2D eigenvalue weighted by atomic mass is 10.3. The largest absolute Gasteiger partial charge is 0.474 e. The molecule has 0 spiro atoms. The van der Waals surface area contributed by atoms with Gasteiger partial charge in [0.1, 0.15) is 17.2 Å². The van der Waals surface area contributed by atoms with Gasteiger partial charge in [0, 0.05) is 15.5 Å². The van der Waals surface area contributed by atoms with Crippen molar-refractivity contribution in [2.45, 2.75) is 6.54 Å². The third-order valence-electron chi connectivity index (χ3n) is 3.13. The molecule has 0 atom stereocenters. The number of hydrogen-bond donors (Lipinski definition) is 0. The highest BCUT2D eigenvalue weighted by Gasteiger charge is 2.21. The molecule has 0 amide bonds. The van der Waals surface area contributed by atoms with E-state index in [4.69, 9.17) is 9.47 Å². The van der Waals surface area contributed by atoms with E-state index in [1.165, 1.54) is 18.4 Å². The second kappa shape index (κ2) is 6.03. The molecule has 0 unspecified atom stereocenters. The highest BCUT2D eigenvalue weighted by molar-refractivity contribution is 9.10. The molecule has 0 radical (unpaired) electrons. The Morgan fingerprint density at radius 2 is 2.43 bits per heavy atom. The van der Waals surface area contributed by atoms with Crippen molar-refractivity contribution in [1.29, 1.82) is 0 Å². The molecule has 3 heterocycles. The topological polar surface area (TPSA) is 51.7 Å². The first-order chi connectivity index (χ1) is 10.2. The van der Waals surface area contributed by atoms with Gasteiger partial charge < -0.3 is 14.4 Å². The Bertz CT molecular complexity index is 674. The standard InChI is InChI=1S/C14H13BrN2O3S/c1-19-14(18)12-3-2-10(21-12)8-17-4-5-20-13-11(17)6-9(15)7-16-13/h2-3,6-7H,4-5,8H2,1H3. The fraction of sp³-hybridized carbons (Fsp3) is 0.286. The molecule has 0 aromatic carbocycles. The first-order valence-electron chi connectivity index (χ1n) is 6.37. The predicted molar refractivity (Wildman–Crippen MR) is 84.1 cm³/mol. The fourth-order valence-corrected chi connectivity index (χ4v) is 3.41. The van der Waals surface area contributed by atoms with Crippen LogP contribution in [-0.2, 0) is 11.3 Å². The lowest BCUT2D eigenvalue weighted by Crippen LogP contribution is -2.32. The summed E-state index contributed by atoms with van der Waals surface area (Å²) in [5.74, 6) is 0.354. The summed E-state index contributed by atoms with van der Waals surface area (Å²) in [6.07, 6.45) is 1.73. The molecule has 2 aromatic heterocycles. The van der Waals surface area contributed by atoms with Crippen molar-refractivity contribution in [3.63, 3.8) is 0 Å². The number of aromatic nitrogens is 1. The smallest absolute Gasteiger partial charge is 0.348 e. The molecule has 3 rings (SSSR count). The van der Waals surface area contributed by atoms with Crippen molar-refractivity contribution in [1.82, 2.24) is 4.98 Å². The highest BCUT2D eigenvalue weighted by atomic mass is 79.9. The Kier molecular flexibility index (Phi) is 4.12. The van der Waals surface area contributed by atoms with Gasteiger partial charge in [-0.3, -0.25) is 0 Å². The third kappa shape index (κ3) is 3.03. The fourth-order valence-electron chi connectivity index (χ4n) is 2.15. The normalized spacial score (nSPS) is 13.5. The first kappa shape index (κ1) is 14.3. The summed E-state index contributed by atoms with van der Waals surface area (Å²) in [6.45, 7) is 2.11. The van der Waals surface area contributed by atoms with Crippen molar-refractivity contribution >= 4 is 38.9 Å². The van der Waals surface area contributed by atoms with Crippen LogP contribution < -0.4 is 9.64 Å². The average Bonchev–Trinajstić information content (AvgIpc) is 2.95. The van der Waals surface area contributed by atoms with Gasteiger partial charge in [0.25, 0.3) is 0 Å². The van der Waals surface area contributed by atoms with E-state index in [9.17, 15) is 4.79 Å². The van der Waals surface area contributed by atoms with Gasteiger partial charge in [-0.2, -0.15) is 0 Å². The Morgan fingerprint density at radius 1 is 1.57 bits per heavy atom. The molecule has 0 saturated carbocycles. The molecular weight excluding hydrogens is 356 g/mol. The molecule has 2 aromatic rings. The van der Waals surface area contributed by atoms with Gasteiger partial charge in [-0.05, 0) is 34.1 Å². The van der Waals surface area contributed by atoms with E-state index in [0.717, 1.165) is 28.1 Å². The van der Waals surface area contributed by atoms with Gasteiger partial charge in [-0.15, -0.1) is 11.3 Å². The molecule has 0 N–H and O–H groups in total. The van der Waals surface area contributed by atoms with Crippen molar-refractivity contribution in [3.8, 4) is 5.88 Å². The number of hydrogen-bond acceptors (Lipinski definition) is 6. The first-order valence-corrected chi connectivity index (χ1v) is 7.98. The molecule has 21 heavy (non-hydrogen) atoms. The number of rotatable bonds is 3. The van der Waals surface area contributed by atoms with E-state index < -0.39 is 0 Å². The summed E-state index contributed by atoms with van der Waals surface area (Å²) in [5.41, 5.74) is 0.962. The predicted octanol–water partition coefficient (Wildman–Crippen LogP) is 3.09. The molecule has 110 valence electrons. The van der Waals surface area contributed by atoms with E-state index in [-0.39, 0.29) is 5.97 Å². The summed E-state index contributed by atoms with van der Waals surface area (Å²) in [7, 11) is 1.39. The van der Waals surface area contributed by atoms with E-state index in [1.54, 1.807) is 12.3 Å². The number of carbonyl (C=O) groups is 1. The van der Waals surface area contributed by atoms with Gasteiger partial charge in [0.2, 0.25) is 5.88 Å². The number of halogens is 1. The van der Waals surface area contributed by atoms with Crippen molar-refractivity contribution < 1.29 is 14.3 Å². The maximum absolute atomic E-state index is 11.5. The number of carbonyl (C=O) groups excluding carboxylic acids is 1. The van der Waals surface area contributed by atoms with Crippen LogP contribution in [0.4, 0.5) is 5.69 Å². The zero-order chi connectivity index (χ0) is 14.8. The lowest BCUT2D eigenvalue weighted by Gasteiger charge is -2.30. The zero-order valence-electron chi connectivity index (χ0n) is 11.3. The number of ether oxygens (including phenoxy) is 2. The van der Waals surface area contributed by atoms with Gasteiger partial charge in [-0.25, -0.2) is 9.78 Å². The Morgan fingerprint density at radius 3 is 3.24 bits per heavy atom. The number of fused-ring (bicyclic) bond motifs is 1. The number of pyridine rings is 1. The molecule has 7 heteroatoms. The summed E-state index contributed by atoms with van der Waals surface area (Å²) >= 11 is 4.88. The molecule has 5 nitrogen and oxygen atoms in total. The Labute approximate surface area is 134 Å². The van der Waals surface area contributed by atoms with Crippen LogP contribution in [0.1, 0.15) is 14.5 Å². The van der Waals surface area contributed by atoms with Gasteiger partial charge in [-0.1, -0.05) is 0 Å². The molecule has 0 bridgehead atoms. The van der Waals surface area contributed by atoms with Gasteiger partial charge >= 0.3 is 5.97 Å². The second-order valence-corrected chi connectivity index (χ2v) is 6.59. The molecule has 0 fully saturated rings. The van der Waals surface area contributed by atoms with Crippen LogP contribution in [0.2, 0.25) is 0 Å². The highest BCUT2D eigenvalue weighted by Crippen LogP contribution is 2.33. The van der Waals surface area contributed by atoms with Crippen molar-refractivity contribution in [2.75, 3.05) is 25.2 Å². The number of thiophene rings is 1. The zero-order valence-corrected chi connectivity index (χ0v) is 13.7. The number of esters is 1. The molecule has 1 aliphatic heterocycles. The Balaban J connectivity index is 1.82. The maximum atomic E-state index is 11.5. The summed E-state index contributed by atoms with van der Waals surface area (Å²) in [4.78, 5) is 19.7. The Hall–Kier alpha value is -1.60. The minimum atomic E-state index is -0.293. The second-order valence-electron chi connectivity index (χ2n) is 4.51. The van der Waals surface area contributed by atoms with Gasteiger partial charge in [0.05, 0.1) is 20.2 Å². The summed E-state index contributed by atoms with van der Waals surface area (Å²) in [6, 6.07) is 5.75. The van der Waals surface area contributed by atoms with Crippen molar-refractivity contribution in [2.24, 2.45) is 0 Å². The van der Waals surface area contributed by atoms with E-state index in [0.29, 0.717) is 17.4 Å². The van der Waals surface area contributed by atoms with Crippen LogP contribution in [0.5, 0.6) is 5.88 Å². The SMILES string of the molecule is COC(=O)c1ccc(CN2CCOc3ncc(Br)cc32)s1. The summed E-state index contributed by atoms with van der Waals surface area (Å²) in [5, 5.41) is 0. The minimum Gasteiger partial charge on any atom is -0.474 e. The summed E-state index contributed by atoms with van der Waals surface area (Å²) < 4.78 is 11.2. The van der Waals surface area contributed by atoms with E-state index >= 15 is 0 Å². The number of nitrogens with zero attached hydrogens (tertiary/aromatic N) is 2. The maximum Gasteiger partial charge on any atom is 0.348 e. The molecule has 0 saturated heterocycles. The number of anilines is 1. The van der Waals surface area contributed by atoms with Gasteiger partial charge in [0.15, 0.2) is 0 Å². The lowest BCUT2D eigenvalue weighted by molar-refractivity contribution is 0.0606. The van der Waals surface area contributed by atoms with Crippen LogP contribution in [0.3, 0.4) is 0 Å². The molecule has 1 aliphatic rings. The monoisotopic (exact) mass is 368 g/mol. The third-order valence-corrected chi connectivity index (χ3v) is 4.62. The van der Waals surface area contributed by atoms with Crippen LogP contribution in [-0.4, -0.2) is 31.2 Å². The number of methoxy groups -OCH3 is 1. The van der Waals surface area contributed by atoms with Crippen molar-refractivity contribution in [3.05, 3.63) is 38.6 Å². The van der Waals surface area contributed by atoms with E-state index in [2.05, 4.69) is 25.8 Å². The quantitative estimate of drug-likeness (QED) is 0.779. The molecule has 0 aliphatic carbocycles. The van der Waals surface area contributed by atoms with Crippen LogP contribution in [0.15, 0.2) is 28.9 Å². The average molecular weight is 369 g/mol. The van der Waals surface area contributed by atoms with Crippen LogP contribution in [0.25, 0.3) is 0 Å². The van der Waals surface area contributed by atoms with Crippen LogP contribution in [0, 0.1) is 0 Å². The van der Waals surface area contributed by atoms with E-state index in [1.807, 2.05) is 12.1 Å². The molecular formula is C14H13BrN2O3S.